The van der Waals surface area contributed by atoms with Gasteiger partial charge in [-0.3, -0.25) is 0 Å². The van der Waals surface area contributed by atoms with Crippen molar-refractivity contribution in [3.8, 4) is 0 Å². The summed E-state index contributed by atoms with van der Waals surface area (Å²) in [6.45, 7) is 0.674. The number of fused-ring (bicyclic) bond motifs is 1. The van der Waals surface area contributed by atoms with Gasteiger partial charge in [-0.2, -0.15) is 13.2 Å². The van der Waals surface area contributed by atoms with Gasteiger partial charge in [-0.05, 0) is 49.4 Å². The minimum atomic E-state index is -4.30. The molecule has 3 atom stereocenters. The molecule has 1 aliphatic carbocycles. The average molecular weight is 312 g/mol. The number of nitrogens with zero attached hydrogens (tertiary/aromatic N) is 1. The van der Waals surface area contributed by atoms with Crippen molar-refractivity contribution >= 4 is 5.90 Å². The Morgan fingerprint density at radius 1 is 1.18 bits per heavy atom. The van der Waals surface area contributed by atoms with Crippen molar-refractivity contribution in [2.24, 2.45) is 16.6 Å². The van der Waals surface area contributed by atoms with E-state index in [0.29, 0.717) is 24.8 Å². The summed E-state index contributed by atoms with van der Waals surface area (Å²) in [4.78, 5) is 4.59. The molecule has 2 N–H and O–H groups in total. The van der Waals surface area contributed by atoms with Gasteiger partial charge in [-0.1, -0.05) is 12.1 Å². The van der Waals surface area contributed by atoms with Gasteiger partial charge in [-0.15, -0.1) is 0 Å². The second-order valence-corrected chi connectivity index (χ2v) is 6.03. The molecule has 1 aromatic carbocycles. The molecule has 1 aromatic rings. The molecule has 0 aromatic heterocycles. The Bertz CT molecular complexity index is 554. The highest BCUT2D eigenvalue weighted by atomic mass is 19.4. The first-order valence-corrected chi connectivity index (χ1v) is 7.55. The number of hydrogen-bond acceptors (Lipinski definition) is 3. The molecule has 1 aliphatic heterocycles. The molecule has 3 unspecified atom stereocenters. The molecule has 1 fully saturated rings. The SMILES string of the molecule is NCC1CCC2OC(Cc3ccc(C(F)(F)F)cc3)=NC2C1. The molecule has 0 amide bonds. The summed E-state index contributed by atoms with van der Waals surface area (Å²) in [6, 6.07) is 5.33. The zero-order valence-corrected chi connectivity index (χ0v) is 12.1. The Hall–Kier alpha value is -1.56. The van der Waals surface area contributed by atoms with E-state index in [1.54, 1.807) is 0 Å². The molecule has 1 heterocycles. The first-order chi connectivity index (χ1) is 10.5. The van der Waals surface area contributed by atoms with Gasteiger partial charge < -0.3 is 10.5 Å². The maximum atomic E-state index is 12.5. The minimum Gasteiger partial charge on any atom is -0.475 e. The summed E-state index contributed by atoms with van der Waals surface area (Å²) in [5.41, 5.74) is 5.86. The number of benzene rings is 1. The molecular weight excluding hydrogens is 293 g/mol. The van der Waals surface area contributed by atoms with Crippen molar-refractivity contribution in [3.05, 3.63) is 35.4 Å². The van der Waals surface area contributed by atoms with E-state index in [1.807, 2.05) is 0 Å². The van der Waals surface area contributed by atoms with Crippen LogP contribution < -0.4 is 5.73 Å². The van der Waals surface area contributed by atoms with E-state index in [1.165, 1.54) is 12.1 Å². The van der Waals surface area contributed by atoms with Crippen molar-refractivity contribution in [2.75, 3.05) is 6.54 Å². The lowest BCUT2D eigenvalue weighted by Gasteiger charge is -2.28. The highest BCUT2D eigenvalue weighted by Crippen LogP contribution is 2.33. The first-order valence-electron chi connectivity index (χ1n) is 7.55. The summed E-state index contributed by atoms with van der Waals surface area (Å²) < 4.78 is 43.5. The summed E-state index contributed by atoms with van der Waals surface area (Å²) >= 11 is 0. The van der Waals surface area contributed by atoms with Gasteiger partial charge in [0.25, 0.3) is 0 Å². The Kier molecular flexibility index (Phi) is 4.12. The van der Waals surface area contributed by atoms with Crippen LogP contribution in [-0.2, 0) is 17.3 Å². The van der Waals surface area contributed by atoms with Crippen molar-refractivity contribution in [1.29, 1.82) is 0 Å². The number of alkyl halides is 3. The number of rotatable bonds is 3. The van der Waals surface area contributed by atoms with E-state index in [-0.39, 0.29) is 12.1 Å². The van der Waals surface area contributed by atoms with E-state index in [9.17, 15) is 13.2 Å². The smallest absolute Gasteiger partial charge is 0.416 e. The number of hydrogen-bond donors (Lipinski definition) is 1. The average Bonchev–Trinajstić information content (AvgIpc) is 2.88. The molecule has 6 heteroatoms. The molecule has 2 aliphatic rings. The van der Waals surface area contributed by atoms with Crippen LogP contribution in [-0.4, -0.2) is 24.6 Å². The Labute approximate surface area is 127 Å². The number of nitrogens with two attached hydrogens (primary N) is 1. The molecule has 120 valence electrons. The van der Waals surface area contributed by atoms with Crippen molar-refractivity contribution in [1.82, 2.24) is 0 Å². The largest absolute Gasteiger partial charge is 0.475 e. The maximum absolute atomic E-state index is 12.5. The van der Waals surface area contributed by atoms with Gasteiger partial charge in [0.05, 0.1) is 11.6 Å². The van der Waals surface area contributed by atoms with Crippen LogP contribution in [0.15, 0.2) is 29.3 Å². The molecule has 22 heavy (non-hydrogen) atoms. The number of aliphatic imine (C=N–C) groups is 1. The van der Waals surface area contributed by atoms with Crippen LogP contribution in [0.5, 0.6) is 0 Å². The zero-order chi connectivity index (χ0) is 15.7. The fourth-order valence-electron chi connectivity index (χ4n) is 3.15. The molecule has 0 saturated heterocycles. The standard InChI is InChI=1S/C16H19F3N2O/c17-16(18,19)12-4-1-10(2-5-12)8-15-21-13-7-11(9-20)3-6-14(13)22-15/h1-2,4-5,11,13-14H,3,6-9,20H2. The molecule has 0 spiro atoms. The second kappa shape index (κ2) is 5.91. The topological polar surface area (TPSA) is 47.6 Å². The van der Waals surface area contributed by atoms with Crippen molar-refractivity contribution in [3.63, 3.8) is 0 Å². The van der Waals surface area contributed by atoms with Crippen LogP contribution in [0, 0.1) is 5.92 Å². The number of ether oxygens (including phenoxy) is 1. The quantitative estimate of drug-likeness (QED) is 0.932. The fourth-order valence-corrected chi connectivity index (χ4v) is 3.15. The monoisotopic (exact) mass is 312 g/mol. The Balaban J connectivity index is 1.64. The summed E-state index contributed by atoms with van der Waals surface area (Å²) in [5, 5.41) is 0. The lowest BCUT2D eigenvalue weighted by atomic mass is 9.84. The minimum absolute atomic E-state index is 0.118. The predicted molar refractivity (Wildman–Crippen MR) is 77.6 cm³/mol. The highest BCUT2D eigenvalue weighted by Gasteiger charge is 2.36. The Morgan fingerprint density at radius 2 is 1.91 bits per heavy atom. The van der Waals surface area contributed by atoms with Gasteiger partial charge in [0.15, 0.2) is 5.90 Å². The van der Waals surface area contributed by atoms with Gasteiger partial charge >= 0.3 is 6.18 Å². The highest BCUT2D eigenvalue weighted by molar-refractivity contribution is 5.80. The number of halogens is 3. The molecule has 0 radical (unpaired) electrons. The third kappa shape index (κ3) is 3.27. The van der Waals surface area contributed by atoms with Crippen LogP contribution in [0.25, 0.3) is 0 Å². The molecular formula is C16H19F3N2O. The van der Waals surface area contributed by atoms with Gasteiger partial charge in [0, 0.05) is 6.42 Å². The lowest BCUT2D eigenvalue weighted by molar-refractivity contribution is -0.137. The maximum Gasteiger partial charge on any atom is 0.416 e. The fraction of sp³-hybridized carbons (Fsp3) is 0.562. The molecule has 3 rings (SSSR count). The summed E-state index contributed by atoms with van der Waals surface area (Å²) in [5.74, 6) is 1.13. The third-order valence-corrected chi connectivity index (χ3v) is 4.43. The van der Waals surface area contributed by atoms with E-state index in [4.69, 9.17) is 10.5 Å². The van der Waals surface area contributed by atoms with E-state index >= 15 is 0 Å². The van der Waals surface area contributed by atoms with Crippen LogP contribution >= 0.6 is 0 Å². The van der Waals surface area contributed by atoms with E-state index < -0.39 is 11.7 Å². The van der Waals surface area contributed by atoms with Crippen LogP contribution in [0.2, 0.25) is 0 Å². The molecule has 1 saturated carbocycles. The summed E-state index contributed by atoms with van der Waals surface area (Å²) in [6.07, 6.45) is -0.789. The van der Waals surface area contributed by atoms with Crippen molar-refractivity contribution in [2.45, 2.75) is 44.0 Å². The van der Waals surface area contributed by atoms with Gasteiger partial charge in [-0.25, -0.2) is 4.99 Å². The molecule has 3 nitrogen and oxygen atoms in total. The zero-order valence-electron chi connectivity index (χ0n) is 12.1. The third-order valence-electron chi connectivity index (χ3n) is 4.43. The normalized spacial score (nSPS) is 28.0. The lowest BCUT2D eigenvalue weighted by Crippen LogP contribution is -2.33. The second-order valence-electron chi connectivity index (χ2n) is 6.03. The predicted octanol–water partition coefficient (Wildman–Crippen LogP) is 3.17. The van der Waals surface area contributed by atoms with E-state index in [0.717, 1.165) is 37.0 Å². The summed E-state index contributed by atoms with van der Waals surface area (Å²) in [7, 11) is 0. The first kappa shape index (κ1) is 15.3. The van der Waals surface area contributed by atoms with Crippen LogP contribution in [0.3, 0.4) is 0 Å². The van der Waals surface area contributed by atoms with Gasteiger partial charge in [0.2, 0.25) is 0 Å². The molecule has 0 bridgehead atoms. The van der Waals surface area contributed by atoms with Crippen LogP contribution in [0.1, 0.15) is 30.4 Å². The Morgan fingerprint density at radius 3 is 2.55 bits per heavy atom. The van der Waals surface area contributed by atoms with Crippen LogP contribution in [0.4, 0.5) is 13.2 Å². The van der Waals surface area contributed by atoms with Gasteiger partial charge in [0.1, 0.15) is 6.10 Å². The van der Waals surface area contributed by atoms with E-state index in [2.05, 4.69) is 4.99 Å². The van der Waals surface area contributed by atoms with Crippen molar-refractivity contribution < 1.29 is 17.9 Å².